The Morgan fingerprint density at radius 3 is 2.25 bits per heavy atom. The summed E-state index contributed by atoms with van der Waals surface area (Å²) in [5, 5.41) is 9.31. The normalized spacial score (nSPS) is 26.2. The molecule has 1 N–H and O–H groups in total. The lowest BCUT2D eigenvalue weighted by Crippen LogP contribution is -2.45. The Morgan fingerprint density at radius 1 is 1.31 bits per heavy atom. The van der Waals surface area contributed by atoms with E-state index in [2.05, 4.69) is 40.8 Å². The quantitative estimate of drug-likeness (QED) is 0.727. The molecule has 96 valence electrons. The SMILES string of the molecule is CC(C)C(C)(C)[Si](C)(C)OC[C@H]1C[C@H]1CO. The molecule has 1 aliphatic carbocycles. The predicted octanol–water partition coefficient (Wildman–Crippen LogP) is 3.27. The van der Waals surface area contributed by atoms with Gasteiger partial charge in [0.1, 0.15) is 0 Å². The number of hydrogen-bond donors (Lipinski definition) is 1. The van der Waals surface area contributed by atoms with Gasteiger partial charge in [-0.15, -0.1) is 0 Å². The third kappa shape index (κ3) is 2.87. The molecule has 1 saturated carbocycles. The number of aliphatic hydroxyl groups excluding tert-OH is 1. The van der Waals surface area contributed by atoms with Crippen molar-refractivity contribution < 1.29 is 9.53 Å². The number of rotatable bonds is 6. The van der Waals surface area contributed by atoms with Crippen LogP contribution in [0.5, 0.6) is 0 Å². The van der Waals surface area contributed by atoms with Crippen molar-refractivity contribution in [2.45, 2.75) is 52.2 Å². The topological polar surface area (TPSA) is 29.5 Å². The molecular formula is C13H28O2Si. The van der Waals surface area contributed by atoms with Gasteiger partial charge in [-0.25, -0.2) is 0 Å². The minimum atomic E-state index is -1.64. The van der Waals surface area contributed by atoms with E-state index in [1.54, 1.807) is 0 Å². The zero-order valence-corrected chi connectivity index (χ0v) is 12.7. The standard InChI is InChI=1S/C13H28O2Si/c1-10(2)13(3,4)16(5,6)15-9-12-7-11(12)8-14/h10-12,14H,7-9H2,1-6H3/t11-,12+/m0/s1. The van der Waals surface area contributed by atoms with E-state index in [4.69, 9.17) is 9.53 Å². The highest BCUT2D eigenvalue weighted by atomic mass is 28.4. The molecule has 0 aromatic carbocycles. The van der Waals surface area contributed by atoms with Crippen molar-refractivity contribution in [3.8, 4) is 0 Å². The van der Waals surface area contributed by atoms with Crippen molar-refractivity contribution in [3.63, 3.8) is 0 Å². The lowest BCUT2D eigenvalue weighted by molar-refractivity contribution is 0.225. The van der Waals surface area contributed by atoms with Gasteiger partial charge in [0.15, 0.2) is 8.32 Å². The highest BCUT2D eigenvalue weighted by Gasteiger charge is 2.45. The van der Waals surface area contributed by atoms with Crippen molar-refractivity contribution in [3.05, 3.63) is 0 Å². The van der Waals surface area contributed by atoms with Crippen LogP contribution in [0, 0.1) is 17.8 Å². The van der Waals surface area contributed by atoms with Gasteiger partial charge < -0.3 is 9.53 Å². The highest BCUT2D eigenvalue weighted by molar-refractivity contribution is 6.74. The van der Waals surface area contributed by atoms with E-state index in [0.29, 0.717) is 29.4 Å². The molecule has 1 rings (SSSR count). The average molecular weight is 244 g/mol. The number of hydrogen-bond acceptors (Lipinski definition) is 2. The van der Waals surface area contributed by atoms with Crippen LogP contribution in [0.25, 0.3) is 0 Å². The van der Waals surface area contributed by atoms with Crippen molar-refractivity contribution >= 4 is 8.32 Å². The van der Waals surface area contributed by atoms with Gasteiger partial charge in [0.05, 0.1) is 0 Å². The zero-order valence-electron chi connectivity index (χ0n) is 11.7. The first-order valence-corrected chi connectivity index (χ1v) is 9.38. The Labute approximate surface area is 102 Å². The van der Waals surface area contributed by atoms with E-state index in [1.165, 1.54) is 0 Å². The zero-order chi connectivity index (χ0) is 12.6. The molecule has 0 unspecified atom stereocenters. The largest absolute Gasteiger partial charge is 0.417 e. The summed E-state index contributed by atoms with van der Waals surface area (Å²) in [7, 11) is -1.64. The summed E-state index contributed by atoms with van der Waals surface area (Å²) >= 11 is 0. The third-order valence-corrected chi connectivity index (χ3v) is 9.53. The van der Waals surface area contributed by atoms with Crippen LogP contribution in [0.1, 0.15) is 34.1 Å². The molecule has 2 nitrogen and oxygen atoms in total. The molecule has 0 radical (unpaired) electrons. The van der Waals surface area contributed by atoms with Gasteiger partial charge in [-0.2, -0.15) is 0 Å². The van der Waals surface area contributed by atoms with Gasteiger partial charge in [-0.1, -0.05) is 27.7 Å². The summed E-state index contributed by atoms with van der Waals surface area (Å²) in [5.74, 6) is 1.80. The second-order valence-electron chi connectivity index (χ2n) is 6.64. The van der Waals surface area contributed by atoms with Crippen LogP contribution in [0.4, 0.5) is 0 Å². The van der Waals surface area contributed by atoms with Gasteiger partial charge in [0, 0.05) is 13.2 Å². The van der Waals surface area contributed by atoms with Crippen molar-refractivity contribution in [2.75, 3.05) is 13.2 Å². The molecule has 1 aliphatic rings. The maximum Gasteiger partial charge on any atom is 0.192 e. The van der Waals surface area contributed by atoms with Crippen LogP contribution in [-0.4, -0.2) is 26.6 Å². The molecule has 0 heterocycles. The lowest BCUT2D eigenvalue weighted by Gasteiger charge is -2.42. The molecule has 0 amide bonds. The van der Waals surface area contributed by atoms with Crippen LogP contribution in [0.2, 0.25) is 18.1 Å². The van der Waals surface area contributed by atoms with Gasteiger partial charge >= 0.3 is 0 Å². The van der Waals surface area contributed by atoms with E-state index in [0.717, 1.165) is 13.0 Å². The van der Waals surface area contributed by atoms with Crippen LogP contribution >= 0.6 is 0 Å². The Balaban J connectivity index is 2.45. The number of aliphatic hydroxyl groups is 1. The third-order valence-electron chi connectivity index (χ3n) is 4.96. The molecule has 0 bridgehead atoms. The lowest BCUT2D eigenvalue weighted by atomic mass is 9.99. The van der Waals surface area contributed by atoms with Crippen LogP contribution < -0.4 is 0 Å². The Morgan fingerprint density at radius 2 is 1.88 bits per heavy atom. The van der Waals surface area contributed by atoms with Gasteiger partial charge in [0.2, 0.25) is 0 Å². The summed E-state index contributed by atoms with van der Waals surface area (Å²) in [5.41, 5.74) is 0. The predicted molar refractivity (Wildman–Crippen MR) is 71.0 cm³/mol. The minimum Gasteiger partial charge on any atom is -0.417 e. The fourth-order valence-electron chi connectivity index (χ4n) is 1.93. The fourth-order valence-corrected chi connectivity index (χ4v) is 4.33. The van der Waals surface area contributed by atoms with E-state index in [9.17, 15) is 0 Å². The van der Waals surface area contributed by atoms with Crippen molar-refractivity contribution in [1.29, 1.82) is 0 Å². The monoisotopic (exact) mass is 244 g/mol. The Kier molecular flexibility index (Phi) is 4.25. The van der Waals surface area contributed by atoms with Crippen molar-refractivity contribution in [1.82, 2.24) is 0 Å². The van der Waals surface area contributed by atoms with Crippen LogP contribution in [0.3, 0.4) is 0 Å². The Bertz CT molecular complexity index is 236. The molecule has 1 fully saturated rings. The minimum absolute atomic E-state index is 0.302. The van der Waals surface area contributed by atoms with Crippen LogP contribution in [-0.2, 0) is 4.43 Å². The average Bonchev–Trinajstić information content (AvgIpc) is 2.92. The first kappa shape index (κ1) is 14.2. The maximum absolute atomic E-state index is 9.01. The first-order chi connectivity index (χ1) is 7.22. The molecule has 0 aliphatic heterocycles. The fraction of sp³-hybridized carbons (Fsp3) is 1.00. The molecule has 0 saturated heterocycles. The van der Waals surface area contributed by atoms with Crippen molar-refractivity contribution in [2.24, 2.45) is 17.8 Å². The van der Waals surface area contributed by atoms with E-state index < -0.39 is 8.32 Å². The summed E-state index contributed by atoms with van der Waals surface area (Å²) in [6, 6.07) is 0. The maximum atomic E-state index is 9.01. The molecule has 2 atom stereocenters. The molecule has 0 spiro atoms. The van der Waals surface area contributed by atoms with Gasteiger partial charge in [-0.3, -0.25) is 0 Å². The Hall–Kier alpha value is 0.137. The second kappa shape index (κ2) is 4.79. The highest BCUT2D eigenvalue weighted by Crippen LogP contribution is 2.46. The van der Waals surface area contributed by atoms with Gasteiger partial charge in [0.25, 0.3) is 0 Å². The van der Waals surface area contributed by atoms with Gasteiger partial charge in [-0.05, 0) is 42.3 Å². The second-order valence-corrected chi connectivity index (χ2v) is 11.2. The van der Waals surface area contributed by atoms with E-state index >= 15 is 0 Å². The molecular weight excluding hydrogens is 216 g/mol. The summed E-state index contributed by atoms with van der Waals surface area (Å²) in [6.07, 6.45) is 1.16. The molecule has 0 aromatic heterocycles. The summed E-state index contributed by atoms with van der Waals surface area (Å²) in [6.45, 7) is 15.1. The van der Waals surface area contributed by atoms with E-state index in [1.807, 2.05) is 0 Å². The summed E-state index contributed by atoms with van der Waals surface area (Å²) < 4.78 is 6.24. The molecule has 3 heteroatoms. The van der Waals surface area contributed by atoms with E-state index in [-0.39, 0.29) is 0 Å². The smallest absolute Gasteiger partial charge is 0.192 e. The molecule has 0 aromatic rings. The first-order valence-electron chi connectivity index (χ1n) is 6.47. The summed E-state index contributed by atoms with van der Waals surface area (Å²) in [4.78, 5) is 0. The molecule has 16 heavy (non-hydrogen) atoms. The van der Waals surface area contributed by atoms with Crippen LogP contribution in [0.15, 0.2) is 0 Å².